The zero-order valence-corrected chi connectivity index (χ0v) is 18.4. The minimum Gasteiger partial charge on any atom is -0.390 e. The molecular formula is C19H32N4O8. The van der Waals surface area contributed by atoms with Crippen LogP contribution in [0.3, 0.4) is 0 Å². The average Bonchev–Trinajstić information content (AvgIpc) is 2.65. The van der Waals surface area contributed by atoms with Gasteiger partial charge in [0.15, 0.2) is 0 Å². The summed E-state index contributed by atoms with van der Waals surface area (Å²) in [7, 11) is 0. The molecule has 0 aromatic heterocycles. The summed E-state index contributed by atoms with van der Waals surface area (Å²) in [6, 6.07) is -3.13. The highest BCUT2D eigenvalue weighted by Crippen LogP contribution is 2.02. The van der Waals surface area contributed by atoms with Crippen LogP contribution in [0.2, 0.25) is 0 Å². The van der Waals surface area contributed by atoms with E-state index >= 15 is 0 Å². The van der Waals surface area contributed by atoms with Crippen molar-refractivity contribution >= 4 is 35.6 Å². The normalized spacial score (nSPS) is 14.3. The Hall–Kier alpha value is -3.02. The quantitative estimate of drug-likeness (QED) is 0.134. The van der Waals surface area contributed by atoms with Gasteiger partial charge in [-0.25, -0.2) is 9.59 Å². The predicted molar refractivity (Wildman–Crippen MR) is 108 cm³/mol. The number of carbonyl (C=O) groups is 6. The first-order valence-electron chi connectivity index (χ1n) is 9.91. The number of unbranched alkanes of at least 4 members (excludes halogenated alkanes) is 1. The smallest absolute Gasteiger partial charge is 0.342 e. The number of hydrogen-bond donors (Lipinski definition) is 5. The molecule has 0 fully saturated rings. The topological polar surface area (TPSA) is 180 Å². The molecule has 0 aliphatic heterocycles. The van der Waals surface area contributed by atoms with Gasteiger partial charge in [0.05, 0.1) is 0 Å². The second-order valence-corrected chi connectivity index (χ2v) is 7.11. The van der Waals surface area contributed by atoms with Gasteiger partial charge >= 0.3 is 11.9 Å². The summed E-state index contributed by atoms with van der Waals surface area (Å²) in [5.74, 6) is -4.09. The molecule has 5 N–H and O–H groups in total. The van der Waals surface area contributed by atoms with E-state index in [1.807, 2.05) is 0 Å². The van der Waals surface area contributed by atoms with Crippen LogP contribution in [-0.2, 0) is 33.5 Å². The summed E-state index contributed by atoms with van der Waals surface area (Å²) < 4.78 is 4.39. The molecule has 0 aliphatic rings. The molecule has 4 amide bonds. The lowest BCUT2D eigenvalue weighted by atomic mass is 10.1. The molecule has 0 spiro atoms. The third-order valence-electron chi connectivity index (χ3n) is 3.99. The van der Waals surface area contributed by atoms with E-state index in [0.29, 0.717) is 25.8 Å². The minimum atomic E-state index is -1.49. The van der Waals surface area contributed by atoms with Crippen molar-refractivity contribution < 1.29 is 38.6 Å². The number of carbonyl (C=O) groups excluding carboxylic acids is 6. The molecule has 4 atom stereocenters. The van der Waals surface area contributed by atoms with Crippen molar-refractivity contribution in [1.29, 1.82) is 0 Å². The standard InChI is InChI=1S/C19H32N4O8/c1-10(16(27)22-11(2)18(29)31-19(30)12(3)24)21-17(28)15(23-14(5)26)8-6-7-9-20-13(4)25/h10-12,15,24H,6-9H2,1-5H3,(H,20,25)(H,21,28)(H,22,27)(H,23,26)/t10-,11-,12-,15+/m1/s1. The number of hydrogen-bond acceptors (Lipinski definition) is 8. The number of amides is 4. The molecule has 31 heavy (non-hydrogen) atoms. The van der Waals surface area contributed by atoms with Gasteiger partial charge in [-0.15, -0.1) is 0 Å². The van der Waals surface area contributed by atoms with Crippen molar-refractivity contribution in [3.63, 3.8) is 0 Å². The highest BCUT2D eigenvalue weighted by atomic mass is 16.6. The van der Waals surface area contributed by atoms with Gasteiger partial charge in [-0.05, 0) is 40.0 Å². The Morgan fingerprint density at radius 1 is 0.774 bits per heavy atom. The molecule has 0 bridgehead atoms. The van der Waals surface area contributed by atoms with Crippen LogP contribution in [0, 0.1) is 0 Å². The van der Waals surface area contributed by atoms with E-state index in [0.717, 1.165) is 6.92 Å². The highest BCUT2D eigenvalue weighted by Gasteiger charge is 2.27. The Kier molecular flexibility index (Phi) is 12.7. The Bertz CT molecular complexity index is 680. The van der Waals surface area contributed by atoms with Crippen molar-refractivity contribution in [3.8, 4) is 0 Å². The molecule has 0 rings (SSSR count). The molecule has 12 heteroatoms. The fraction of sp³-hybridized carbons (Fsp3) is 0.684. The van der Waals surface area contributed by atoms with Crippen LogP contribution < -0.4 is 21.3 Å². The maximum atomic E-state index is 12.5. The first kappa shape index (κ1) is 28.0. The maximum Gasteiger partial charge on any atom is 0.342 e. The largest absolute Gasteiger partial charge is 0.390 e. The number of esters is 2. The third kappa shape index (κ3) is 12.3. The molecule has 0 heterocycles. The van der Waals surface area contributed by atoms with Gasteiger partial charge in [-0.1, -0.05) is 0 Å². The van der Waals surface area contributed by atoms with E-state index in [9.17, 15) is 28.8 Å². The zero-order valence-electron chi connectivity index (χ0n) is 18.4. The van der Waals surface area contributed by atoms with Crippen LogP contribution >= 0.6 is 0 Å². The van der Waals surface area contributed by atoms with E-state index in [4.69, 9.17) is 5.11 Å². The summed E-state index contributed by atoms with van der Waals surface area (Å²) in [4.78, 5) is 69.9. The van der Waals surface area contributed by atoms with Gasteiger partial charge in [-0.2, -0.15) is 0 Å². The van der Waals surface area contributed by atoms with E-state index in [2.05, 4.69) is 26.0 Å². The Labute approximate surface area is 180 Å². The minimum absolute atomic E-state index is 0.163. The maximum absolute atomic E-state index is 12.5. The van der Waals surface area contributed by atoms with Gasteiger partial charge in [0.1, 0.15) is 24.2 Å². The lowest BCUT2D eigenvalue weighted by Gasteiger charge is -2.21. The first-order chi connectivity index (χ1) is 14.3. The molecule has 0 radical (unpaired) electrons. The highest BCUT2D eigenvalue weighted by molar-refractivity contribution is 5.95. The Balaban J connectivity index is 4.70. The monoisotopic (exact) mass is 444 g/mol. The van der Waals surface area contributed by atoms with Crippen LogP contribution in [0.5, 0.6) is 0 Å². The van der Waals surface area contributed by atoms with Crippen LogP contribution in [0.15, 0.2) is 0 Å². The molecule has 0 saturated heterocycles. The lowest BCUT2D eigenvalue weighted by molar-refractivity contribution is -0.167. The molecule has 0 saturated carbocycles. The Morgan fingerprint density at radius 2 is 1.35 bits per heavy atom. The van der Waals surface area contributed by atoms with Crippen molar-refractivity contribution in [2.75, 3.05) is 6.54 Å². The summed E-state index contributed by atoms with van der Waals surface area (Å²) in [6.45, 7) is 6.88. The van der Waals surface area contributed by atoms with Crippen molar-refractivity contribution in [3.05, 3.63) is 0 Å². The average molecular weight is 444 g/mol. The number of nitrogens with one attached hydrogen (secondary N) is 4. The van der Waals surface area contributed by atoms with Crippen LogP contribution in [0.1, 0.15) is 53.9 Å². The van der Waals surface area contributed by atoms with Gasteiger partial charge in [-0.3, -0.25) is 19.2 Å². The number of rotatable bonds is 12. The second-order valence-electron chi connectivity index (χ2n) is 7.11. The first-order valence-corrected chi connectivity index (χ1v) is 9.91. The van der Waals surface area contributed by atoms with Crippen LogP contribution in [0.4, 0.5) is 0 Å². The molecule has 0 aromatic carbocycles. The van der Waals surface area contributed by atoms with Crippen molar-refractivity contribution in [1.82, 2.24) is 21.3 Å². The fourth-order valence-electron chi connectivity index (χ4n) is 2.30. The number of aliphatic hydroxyl groups is 1. The molecule has 176 valence electrons. The lowest BCUT2D eigenvalue weighted by Crippen LogP contribution is -2.54. The van der Waals surface area contributed by atoms with Gasteiger partial charge in [0.25, 0.3) is 0 Å². The zero-order chi connectivity index (χ0) is 24.1. The van der Waals surface area contributed by atoms with Crippen molar-refractivity contribution in [2.45, 2.75) is 78.1 Å². The van der Waals surface area contributed by atoms with Crippen LogP contribution in [-0.4, -0.2) is 71.4 Å². The molecular weight excluding hydrogens is 412 g/mol. The van der Waals surface area contributed by atoms with E-state index < -0.39 is 53.9 Å². The molecule has 12 nitrogen and oxygen atoms in total. The van der Waals surface area contributed by atoms with Crippen LogP contribution in [0.25, 0.3) is 0 Å². The van der Waals surface area contributed by atoms with Gasteiger partial charge in [0, 0.05) is 20.4 Å². The summed E-state index contributed by atoms with van der Waals surface area (Å²) in [5, 5.41) is 18.9. The predicted octanol–water partition coefficient (Wildman–Crippen LogP) is -1.74. The van der Waals surface area contributed by atoms with Gasteiger partial charge < -0.3 is 31.1 Å². The van der Waals surface area contributed by atoms with Crippen molar-refractivity contribution in [2.24, 2.45) is 0 Å². The fourth-order valence-corrected chi connectivity index (χ4v) is 2.30. The van der Waals surface area contributed by atoms with E-state index in [-0.39, 0.29) is 5.91 Å². The summed E-state index contributed by atoms with van der Waals surface area (Å²) in [6.07, 6.45) is -0.0544. The molecule has 0 aliphatic carbocycles. The third-order valence-corrected chi connectivity index (χ3v) is 3.99. The van der Waals surface area contributed by atoms with E-state index in [1.165, 1.54) is 27.7 Å². The number of ether oxygens (including phenoxy) is 1. The van der Waals surface area contributed by atoms with Gasteiger partial charge in [0.2, 0.25) is 23.6 Å². The second kappa shape index (κ2) is 14.1. The molecule has 0 aromatic rings. The van der Waals surface area contributed by atoms with E-state index in [1.54, 1.807) is 0 Å². The summed E-state index contributed by atoms with van der Waals surface area (Å²) >= 11 is 0. The number of aliphatic hydroxyl groups excluding tert-OH is 1. The summed E-state index contributed by atoms with van der Waals surface area (Å²) in [5.41, 5.74) is 0. The molecule has 0 unspecified atom stereocenters. The SMILES string of the molecule is CC(=O)NCCCC[C@H](NC(C)=O)C(=O)N[C@H](C)C(=O)N[C@H](C)C(=O)OC(=O)[C@@H](C)O. The Morgan fingerprint density at radius 3 is 1.87 bits per heavy atom.